The van der Waals surface area contributed by atoms with Crippen molar-refractivity contribution in [1.82, 2.24) is 9.55 Å². The Labute approximate surface area is 145 Å². The Morgan fingerprint density at radius 2 is 1.76 bits per heavy atom. The monoisotopic (exact) mass is 336 g/mol. The molecule has 2 aromatic carbocycles. The van der Waals surface area contributed by atoms with Crippen molar-refractivity contribution in [3.05, 3.63) is 54.4 Å². The Morgan fingerprint density at radius 1 is 1.04 bits per heavy atom. The van der Waals surface area contributed by atoms with Crippen LogP contribution in [-0.2, 0) is 4.79 Å². The van der Waals surface area contributed by atoms with E-state index in [0.29, 0.717) is 23.0 Å². The Hall–Kier alpha value is -3.15. The fraction of sp³-hybridized carbons (Fsp3) is 0.211. The van der Waals surface area contributed by atoms with Crippen LogP contribution in [0.25, 0.3) is 11.0 Å². The summed E-state index contributed by atoms with van der Waals surface area (Å²) < 4.78 is 2.06. The molecule has 128 valence electrons. The lowest BCUT2D eigenvalue weighted by Gasteiger charge is -2.09. The molecule has 0 saturated heterocycles. The number of aromatic nitrogens is 2. The van der Waals surface area contributed by atoms with Crippen LogP contribution in [0.5, 0.6) is 0 Å². The van der Waals surface area contributed by atoms with Crippen molar-refractivity contribution in [2.75, 3.05) is 10.6 Å². The average Bonchev–Trinajstić information content (AvgIpc) is 2.97. The number of nitrogens with zero attached hydrogens (tertiary/aromatic N) is 2. The van der Waals surface area contributed by atoms with Gasteiger partial charge in [0.1, 0.15) is 0 Å². The highest BCUT2D eigenvalue weighted by atomic mass is 16.2. The first-order chi connectivity index (χ1) is 11.9. The Balaban J connectivity index is 1.81. The molecule has 1 heterocycles. The number of carbonyl (C=O) groups excluding carboxylic acids is 2. The first-order valence-electron chi connectivity index (χ1n) is 8.09. The summed E-state index contributed by atoms with van der Waals surface area (Å²) in [5.74, 6) is -0.379. The van der Waals surface area contributed by atoms with Gasteiger partial charge in [-0.3, -0.25) is 9.59 Å². The first-order valence-corrected chi connectivity index (χ1v) is 8.09. The summed E-state index contributed by atoms with van der Waals surface area (Å²) in [5.41, 5.74) is 3.57. The highest BCUT2D eigenvalue weighted by molar-refractivity contribution is 6.06. The lowest BCUT2D eigenvalue weighted by molar-refractivity contribution is -0.114. The van der Waals surface area contributed by atoms with Crippen LogP contribution in [0.1, 0.15) is 37.2 Å². The minimum Gasteiger partial charge on any atom is -0.328 e. The van der Waals surface area contributed by atoms with E-state index >= 15 is 0 Å². The summed E-state index contributed by atoms with van der Waals surface area (Å²) >= 11 is 0. The molecule has 0 radical (unpaired) electrons. The molecule has 0 fully saturated rings. The van der Waals surface area contributed by atoms with Gasteiger partial charge in [0.05, 0.1) is 17.4 Å². The molecule has 0 saturated carbocycles. The van der Waals surface area contributed by atoms with Crippen LogP contribution in [0.3, 0.4) is 0 Å². The van der Waals surface area contributed by atoms with Crippen molar-refractivity contribution in [3.63, 3.8) is 0 Å². The van der Waals surface area contributed by atoms with E-state index in [-0.39, 0.29) is 11.8 Å². The van der Waals surface area contributed by atoms with Crippen molar-refractivity contribution in [2.45, 2.75) is 26.8 Å². The molecule has 0 bridgehead atoms. The molecule has 6 nitrogen and oxygen atoms in total. The first kappa shape index (κ1) is 16.7. The third kappa shape index (κ3) is 3.68. The SMILES string of the molecule is CC(=O)Nc1cccc(NC(=O)c2ccc3c(c2)ncn3C(C)C)c1. The standard InChI is InChI=1S/C19H20N4O2/c1-12(2)23-11-20-17-9-14(7-8-18(17)23)19(25)22-16-6-4-5-15(10-16)21-13(3)24/h4-12H,1-3H3,(H,21,24)(H,22,25). The summed E-state index contributed by atoms with van der Waals surface area (Å²) in [6.07, 6.45) is 1.79. The van der Waals surface area contributed by atoms with Gasteiger partial charge in [0, 0.05) is 29.9 Å². The van der Waals surface area contributed by atoms with Crippen molar-refractivity contribution < 1.29 is 9.59 Å². The van der Waals surface area contributed by atoms with E-state index in [1.807, 2.05) is 6.07 Å². The zero-order valence-corrected chi connectivity index (χ0v) is 14.4. The van der Waals surface area contributed by atoms with Crippen LogP contribution >= 0.6 is 0 Å². The smallest absolute Gasteiger partial charge is 0.255 e. The topological polar surface area (TPSA) is 76.0 Å². The minimum atomic E-state index is -0.221. The second-order valence-electron chi connectivity index (χ2n) is 6.17. The molecular formula is C19H20N4O2. The van der Waals surface area contributed by atoms with Crippen LogP contribution in [-0.4, -0.2) is 21.4 Å². The van der Waals surface area contributed by atoms with Gasteiger partial charge < -0.3 is 15.2 Å². The quantitative estimate of drug-likeness (QED) is 0.760. The van der Waals surface area contributed by atoms with Crippen LogP contribution in [0.4, 0.5) is 11.4 Å². The van der Waals surface area contributed by atoms with Crippen molar-refractivity contribution >= 4 is 34.2 Å². The Bertz CT molecular complexity index is 944. The summed E-state index contributed by atoms with van der Waals surface area (Å²) in [4.78, 5) is 28.0. The molecule has 0 atom stereocenters. The number of benzene rings is 2. The molecule has 0 aliphatic carbocycles. The van der Waals surface area contributed by atoms with Crippen LogP contribution in [0.2, 0.25) is 0 Å². The molecule has 25 heavy (non-hydrogen) atoms. The van der Waals surface area contributed by atoms with Gasteiger partial charge in [-0.15, -0.1) is 0 Å². The number of nitrogens with one attached hydrogen (secondary N) is 2. The van der Waals surface area contributed by atoms with Crippen LogP contribution in [0, 0.1) is 0 Å². The molecular weight excluding hydrogens is 316 g/mol. The maximum atomic E-state index is 12.5. The van der Waals surface area contributed by atoms with Crippen molar-refractivity contribution in [1.29, 1.82) is 0 Å². The van der Waals surface area contributed by atoms with E-state index in [2.05, 4.69) is 34.0 Å². The molecule has 3 rings (SSSR count). The number of imidazole rings is 1. The van der Waals surface area contributed by atoms with E-state index in [9.17, 15) is 9.59 Å². The Morgan fingerprint density at radius 3 is 2.44 bits per heavy atom. The van der Waals surface area contributed by atoms with Gasteiger partial charge in [-0.1, -0.05) is 6.07 Å². The maximum absolute atomic E-state index is 12.5. The van der Waals surface area contributed by atoms with Gasteiger partial charge >= 0.3 is 0 Å². The molecule has 1 aromatic heterocycles. The lowest BCUT2D eigenvalue weighted by Crippen LogP contribution is -2.12. The number of anilines is 2. The zero-order chi connectivity index (χ0) is 18.0. The predicted molar refractivity (Wildman–Crippen MR) is 98.8 cm³/mol. The van der Waals surface area contributed by atoms with Gasteiger partial charge in [-0.2, -0.15) is 0 Å². The summed E-state index contributed by atoms with van der Waals surface area (Å²) in [6, 6.07) is 12.8. The lowest BCUT2D eigenvalue weighted by atomic mass is 10.1. The molecule has 6 heteroatoms. The second kappa shape index (κ2) is 6.76. The van der Waals surface area contributed by atoms with Crippen LogP contribution < -0.4 is 10.6 Å². The van der Waals surface area contributed by atoms with Gasteiger partial charge in [0.15, 0.2) is 0 Å². The van der Waals surface area contributed by atoms with Gasteiger partial charge in [-0.05, 0) is 50.2 Å². The van der Waals surface area contributed by atoms with E-state index in [1.165, 1.54) is 6.92 Å². The fourth-order valence-electron chi connectivity index (χ4n) is 2.67. The number of rotatable bonds is 4. The van der Waals surface area contributed by atoms with Crippen molar-refractivity contribution in [3.8, 4) is 0 Å². The average molecular weight is 336 g/mol. The zero-order valence-electron chi connectivity index (χ0n) is 14.4. The van der Waals surface area contributed by atoms with Gasteiger partial charge in [0.2, 0.25) is 5.91 Å². The highest BCUT2D eigenvalue weighted by Crippen LogP contribution is 2.20. The predicted octanol–water partition coefficient (Wildman–Crippen LogP) is 3.83. The number of hydrogen-bond donors (Lipinski definition) is 2. The minimum absolute atomic E-state index is 0.158. The summed E-state index contributed by atoms with van der Waals surface area (Å²) in [5, 5.41) is 5.53. The molecule has 2 amide bonds. The molecule has 0 aliphatic heterocycles. The molecule has 3 aromatic rings. The molecule has 0 spiro atoms. The maximum Gasteiger partial charge on any atom is 0.255 e. The van der Waals surface area contributed by atoms with Crippen molar-refractivity contribution in [2.24, 2.45) is 0 Å². The van der Waals surface area contributed by atoms with E-state index in [4.69, 9.17) is 0 Å². The third-order valence-electron chi connectivity index (χ3n) is 3.83. The number of amides is 2. The second-order valence-corrected chi connectivity index (χ2v) is 6.17. The third-order valence-corrected chi connectivity index (χ3v) is 3.83. The summed E-state index contributed by atoms with van der Waals surface area (Å²) in [6.45, 7) is 5.62. The fourth-order valence-corrected chi connectivity index (χ4v) is 2.67. The van der Waals surface area contributed by atoms with Gasteiger partial charge in [0.25, 0.3) is 5.91 Å². The van der Waals surface area contributed by atoms with E-state index in [0.717, 1.165) is 11.0 Å². The molecule has 0 aliphatic rings. The number of hydrogen-bond acceptors (Lipinski definition) is 3. The van der Waals surface area contributed by atoms with Gasteiger partial charge in [-0.25, -0.2) is 4.98 Å². The van der Waals surface area contributed by atoms with E-state index in [1.54, 1.807) is 42.7 Å². The number of carbonyl (C=O) groups is 2. The highest BCUT2D eigenvalue weighted by Gasteiger charge is 2.11. The Kier molecular flexibility index (Phi) is 4.52. The molecule has 2 N–H and O–H groups in total. The largest absolute Gasteiger partial charge is 0.328 e. The van der Waals surface area contributed by atoms with E-state index < -0.39 is 0 Å². The summed E-state index contributed by atoms with van der Waals surface area (Å²) in [7, 11) is 0. The van der Waals surface area contributed by atoms with Crippen LogP contribution in [0.15, 0.2) is 48.8 Å². The molecule has 0 unspecified atom stereocenters. The normalized spacial score (nSPS) is 10.9. The number of fused-ring (bicyclic) bond motifs is 1.